The molecule has 0 saturated heterocycles. The van der Waals surface area contributed by atoms with Crippen molar-refractivity contribution >= 4 is 51.4 Å². The molecule has 2 nitrogen and oxygen atoms in total. The van der Waals surface area contributed by atoms with Gasteiger partial charge in [0.05, 0.1) is 11.2 Å². The van der Waals surface area contributed by atoms with Crippen molar-refractivity contribution in [1.82, 2.24) is 4.98 Å². The molecular formula is C16H11Cl3N2. The molecule has 3 rings (SSSR count). The lowest BCUT2D eigenvalue weighted by Crippen LogP contribution is -2.01. The van der Waals surface area contributed by atoms with Crippen LogP contribution in [0.15, 0.2) is 48.7 Å². The second-order valence-electron chi connectivity index (χ2n) is 4.62. The minimum Gasteiger partial charge on any atom is -0.379 e. The molecule has 0 fully saturated rings. The van der Waals surface area contributed by atoms with Gasteiger partial charge in [-0.2, -0.15) is 0 Å². The SMILES string of the molecule is Clc1ccc(CNc2cc(Cl)cc3cccnc23)c(Cl)c1. The summed E-state index contributed by atoms with van der Waals surface area (Å²) in [4.78, 5) is 4.40. The van der Waals surface area contributed by atoms with Crippen LogP contribution in [0, 0.1) is 0 Å². The number of pyridine rings is 1. The van der Waals surface area contributed by atoms with Gasteiger partial charge in [-0.05, 0) is 35.9 Å². The second-order valence-corrected chi connectivity index (χ2v) is 5.90. The summed E-state index contributed by atoms with van der Waals surface area (Å²) < 4.78 is 0. The highest BCUT2D eigenvalue weighted by molar-refractivity contribution is 6.35. The van der Waals surface area contributed by atoms with Crippen molar-refractivity contribution in [2.75, 3.05) is 5.32 Å². The molecular weight excluding hydrogens is 327 g/mol. The molecule has 5 heteroatoms. The van der Waals surface area contributed by atoms with Crippen LogP contribution < -0.4 is 5.32 Å². The fraction of sp³-hybridized carbons (Fsp3) is 0.0625. The number of aromatic nitrogens is 1. The van der Waals surface area contributed by atoms with Gasteiger partial charge in [-0.25, -0.2) is 0 Å². The number of hydrogen-bond acceptors (Lipinski definition) is 2. The van der Waals surface area contributed by atoms with E-state index in [4.69, 9.17) is 34.8 Å². The Morgan fingerprint density at radius 3 is 2.62 bits per heavy atom. The summed E-state index contributed by atoms with van der Waals surface area (Å²) in [7, 11) is 0. The normalized spacial score (nSPS) is 10.8. The van der Waals surface area contributed by atoms with Gasteiger partial charge in [0.2, 0.25) is 0 Å². The highest BCUT2D eigenvalue weighted by Crippen LogP contribution is 2.28. The number of anilines is 1. The molecule has 0 spiro atoms. The standard InChI is InChI=1S/C16H11Cl3N2/c17-12-4-3-11(14(19)7-12)9-21-15-8-13(18)6-10-2-1-5-20-16(10)15/h1-8,21H,9H2. The Morgan fingerprint density at radius 2 is 1.81 bits per heavy atom. The van der Waals surface area contributed by atoms with E-state index in [2.05, 4.69) is 10.3 Å². The van der Waals surface area contributed by atoms with Gasteiger partial charge in [0.25, 0.3) is 0 Å². The Labute approximate surface area is 137 Å². The number of benzene rings is 2. The zero-order chi connectivity index (χ0) is 14.8. The number of hydrogen-bond donors (Lipinski definition) is 1. The molecule has 0 aliphatic rings. The molecule has 2 aromatic carbocycles. The second kappa shape index (κ2) is 6.10. The first-order valence-electron chi connectivity index (χ1n) is 6.35. The lowest BCUT2D eigenvalue weighted by Gasteiger charge is -2.11. The molecule has 0 radical (unpaired) electrons. The quantitative estimate of drug-likeness (QED) is 0.652. The number of nitrogens with one attached hydrogen (secondary N) is 1. The third kappa shape index (κ3) is 3.24. The third-order valence-corrected chi connectivity index (χ3v) is 3.96. The van der Waals surface area contributed by atoms with E-state index in [-0.39, 0.29) is 0 Å². The van der Waals surface area contributed by atoms with Crippen LogP contribution in [0.5, 0.6) is 0 Å². The fourth-order valence-corrected chi connectivity index (χ4v) is 2.85. The summed E-state index contributed by atoms with van der Waals surface area (Å²) >= 11 is 18.2. The first kappa shape index (κ1) is 14.5. The Bertz CT molecular complexity index is 803. The topological polar surface area (TPSA) is 24.9 Å². The smallest absolute Gasteiger partial charge is 0.0934 e. The molecule has 0 saturated carbocycles. The summed E-state index contributed by atoms with van der Waals surface area (Å²) in [5.41, 5.74) is 2.72. The zero-order valence-electron chi connectivity index (χ0n) is 10.9. The molecule has 106 valence electrons. The Morgan fingerprint density at radius 1 is 0.952 bits per heavy atom. The lowest BCUT2D eigenvalue weighted by molar-refractivity contribution is 1.15. The Hall–Kier alpha value is -1.48. The fourth-order valence-electron chi connectivity index (χ4n) is 2.15. The molecule has 21 heavy (non-hydrogen) atoms. The molecule has 3 aromatic rings. The van der Waals surface area contributed by atoms with E-state index >= 15 is 0 Å². The van der Waals surface area contributed by atoms with Crippen molar-refractivity contribution in [2.45, 2.75) is 6.54 Å². The molecule has 1 N–H and O–H groups in total. The van der Waals surface area contributed by atoms with E-state index < -0.39 is 0 Å². The van der Waals surface area contributed by atoms with Crippen molar-refractivity contribution in [3.05, 3.63) is 69.3 Å². The van der Waals surface area contributed by atoms with Gasteiger partial charge in [0, 0.05) is 33.2 Å². The summed E-state index contributed by atoms with van der Waals surface area (Å²) in [6, 6.07) is 13.1. The van der Waals surface area contributed by atoms with E-state index in [1.807, 2.05) is 36.4 Å². The van der Waals surface area contributed by atoms with E-state index in [1.165, 1.54) is 0 Å². The first-order chi connectivity index (χ1) is 10.1. The van der Waals surface area contributed by atoms with Crippen LogP contribution in [0.1, 0.15) is 5.56 Å². The number of halogens is 3. The van der Waals surface area contributed by atoms with Gasteiger partial charge < -0.3 is 5.32 Å². The Balaban J connectivity index is 1.91. The number of fused-ring (bicyclic) bond motifs is 1. The molecule has 0 amide bonds. The third-order valence-electron chi connectivity index (χ3n) is 3.15. The largest absolute Gasteiger partial charge is 0.379 e. The first-order valence-corrected chi connectivity index (χ1v) is 7.49. The van der Waals surface area contributed by atoms with E-state index in [0.717, 1.165) is 22.2 Å². The van der Waals surface area contributed by atoms with Crippen LogP contribution in [-0.4, -0.2) is 4.98 Å². The average molecular weight is 338 g/mol. The molecule has 0 aliphatic heterocycles. The van der Waals surface area contributed by atoms with Crippen LogP contribution >= 0.6 is 34.8 Å². The summed E-state index contributed by atoms with van der Waals surface area (Å²) in [6.07, 6.45) is 1.76. The van der Waals surface area contributed by atoms with E-state index in [1.54, 1.807) is 12.3 Å². The monoisotopic (exact) mass is 336 g/mol. The van der Waals surface area contributed by atoms with Crippen LogP contribution in [-0.2, 0) is 6.54 Å². The molecule has 0 aliphatic carbocycles. The van der Waals surface area contributed by atoms with Crippen molar-refractivity contribution in [3.8, 4) is 0 Å². The summed E-state index contributed by atoms with van der Waals surface area (Å²) in [5, 5.41) is 6.25. The summed E-state index contributed by atoms with van der Waals surface area (Å²) in [6.45, 7) is 0.571. The molecule has 1 aromatic heterocycles. The molecule has 0 unspecified atom stereocenters. The molecule has 0 bridgehead atoms. The zero-order valence-corrected chi connectivity index (χ0v) is 13.2. The van der Waals surface area contributed by atoms with Gasteiger partial charge in [-0.3, -0.25) is 4.98 Å². The van der Waals surface area contributed by atoms with Gasteiger partial charge in [-0.1, -0.05) is 46.9 Å². The highest BCUT2D eigenvalue weighted by Gasteiger charge is 2.06. The van der Waals surface area contributed by atoms with Crippen molar-refractivity contribution < 1.29 is 0 Å². The van der Waals surface area contributed by atoms with Crippen molar-refractivity contribution in [3.63, 3.8) is 0 Å². The van der Waals surface area contributed by atoms with E-state index in [0.29, 0.717) is 21.6 Å². The maximum atomic E-state index is 6.18. The van der Waals surface area contributed by atoms with E-state index in [9.17, 15) is 0 Å². The highest BCUT2D eigenvalue weighted by atomic mass is 35.5. The van der Waals surface area contributed by atoms with Crippen LogP contribution in [0.3, 0.4) is 0 Å². The molecule has 0 atom stereocenters. The maximum Gasteiger partial charge on any atom is 0.0934 e. The lowest BCUT2D eigenvalue weighted by atomic mass is 10.1. The molecule has 1 heterocycles. The van der Waals surface area contributed by atoms with Gasteiger partial charge in [0.15, 0.2) is 0 Å². The maximum absolute atomic E-state index is 6.18. The minimum absolute atomic E-state index is 0.571. The number of nitrogens with zero attached hydrogens (tertiary/aromatic N) is 1. The van der Waals surface area contributed by atoms with Crippen molar-refractivity contribution in [2.24, 2.45) is 0 Å². The Kier molecular flexibility index (Phi) is 4.20. The summed E-state index contributed by atoms with van der Waals surface area (Å²) in [5.74, 6) is 0. The van der Waals surface area contributed by atoms with Gasteiger partial charge in [0.1, 0.15) is 0 Å². The van der Waals surface area contributed by atoms with Gasteiger partial charge in [-0.15, -0.1) is 0 Å². The number of rotatable bonds is 3. The van der Waals surface area contributed by atoms with Crippen LogP contribution in [0.4, 0.5) is 5.69 Å². The average Bonchev–Trinajstić information content (AvgIpc) is 2.46. The van der Waals surface area contributed by atoms with Gasteiger partial charge >= 0.3 is 0 Å². The minimum atomic E-state index is 0.571. The predicted octanol–water partition coefficient (Wildman–Crippen LogP) is 5.81. The van der Waals surface area contributed by atoms with Crippen LogP contribution in [0.2, 0.25) is 15.1 Å². The van der Waals surface area contributed by atoms with Crippen LogP contribution in [0.25, 0.3) is 10.9 Å². The van der Waals surface area contributed by atoms with Crippen molar-refractivity contribution in [1.29, 1.82) is 0 Å². The predicted molar refractivity (Wildman–Crippen MR) is 90.5 cm³/mol.